The molecule has 2 aliphatic rings. The lowest BCUT2D eigenvalue weighted by atomic mass is 9.97. The highest BCUT2D eigenvalue weighted by Gasteiger charge is 2.26. The summed E-state index contributed by atoms with van der Waals surface area (Å²) in [6.45, 7) is 2.94. The lowest BCUT2D eigenvalue weighted by Gasteiger charge is -2.40. The van der Waals surface area contributed by atoms with E-state index in [0.717, 1.165) is 31.9 Å². The number of anilines is 2. The van der Waals surface area contributed by atoms with Gasteiger partial charge in [-0.2, -0.15) is 0 Å². The number of benzene rings is 1. The summed E-state index contributed by atoms with van der Waals surface area (Å²) in [6.07, 6.45) is 4.75. The van der Waals surface area contributed by atoms with Crippen molar-refractivity contribution in [2.24, 2.45) is 0 Å². The summed E-state index contributed by atoms with van der Waals surface area (Å²) in [5, 5.41) is 0. The smallest absolute Gasteiger partial charge is 0.0669 e. The first-order chi connectivity index (χ1) is 8.36. The number of hydrogen-bond donors (Lipinski definition) is 1. The van der Waals surface area contributed by atoms with Crippen LogP contribution in [0.2, 0.25) is 0 Å². The molecule has 0 amide bonds. The fourth-order valence-electron chi connectivity index (χ4n) is 3.03. The number of nitrogens with zero attached hydrogens (tertiary/aromatic N) is 1. The molecule has 0 aromatic heterocycles. The van der Waals surface area contributed by atoms with Gasteiger partial charge in [-0.05, 0) is 43.4 Å². The number of fused-ring (bicyclic) bond motifs is 1. The summed E-state index contributed by atoms with van der Waals surface area (Å²) in [4.78, 5) is 2.51. The van der Waals surface area contributed by atoms with Crippen LogP contribution in [0.3, 0.4) is 0 Å². The Kier molecular flexibility index (Phi) is 2.93. The molecule has 2 aliphatic heterocycles. The van der Waals surface area contributed by atoms with E-state index in [1.54, 1.807) is 0 Å². The van der Waals surface area contributed by atoms with Crippen molar-refractivity contribution in [1.29, 1.82) is 0 Å². The predicted octanol–water partition coefficient (Wildman–Crippen LogP) is 2.20. The maximum atomic E-state index is 6.08. The molecule has 0 aliphatic carbocycles. The average Bonchev–Trinajstić information content (AvgIpc) is 2.40. The highest BCUT2D eigenvalue weighted by Crippen LogP contribution is 2.33. The second kappa shape index (κ2) is 4.57. The minimum atomic E-state index is 0.546. The standard InChI is InChI=1S/C14H20N2O/c15-13-6-1-7-14-12(13)5-2-8-16(14)11-4-3-9-17-10-11/h1,6-7,11H,2-5,8-10,15H2. The second-order valence-electron chi connectivity index (χ2n) is 5.01. The van der Waals surface area contributed by atoms with Gasteiger partial charge in [0.25, 0.3) is 0 Å². The molecule has 0 radical (unpaired) electrons. The van der Waals surface area contributed by atoms with Crippen LogP contribution in [0, 0.1) is 0 Å². The first-order valence-electron chi connectivity index (χ1n) is 6.58. The molecule has 1 aromatic rings. The zero-order valence-electron chi connectivity index (χ0n) is 10.2. The molecule has 17 heavy (non-hydrogen) atoms. The Morgan fingerprint density at radius 1 is 1.29 bits per heavy atom. The lowest BCUT2D eigenvalue weighted by Crippen LogP contribution is -2.44. The van der Waals surface area contributed by atoms with Gasteiger partial charge in [0.2, 0.25) is 0 Å². The molecule has 0 bridgehead atoms. The van der Waals surface area contributed by atoms with Crippen molar-refractivity contribution in [3.63, 3.8) is 0 Å². The highest BCUT2D eigenvalue weighted by molar-refractivity contribution is 5.66. The van der Waals surface area contributed by atoms with Crippen molar-refractivity contribution in [1.82, 2.24) is 0 Å². The molecule has 1 aromatic carbocycles. The molecule has 3 rings (SSSR count). The van der Waals surface area contributed by atoms with Crippen LogP contribution in [0.15, 0.2) is 18.2 Å². The van der Waals surface area contributed by atoms with E-state index < -0.39 is 0 Å². The molecular weight excluding hydrogens is 212 g/mol. The van der Waals surface area contributed by atoms with E-state index in [1.165, 1.54) is 30.5 Å². The molecule has 2 N–H and O–H groups in total. The maximum Gasteiger partial charge on any atom is 0.0669 e. The second-order valence-corrected chi connectivity index (χ2v) is 5.01. The normalized spacial score (nSPS) is 24.5. The third kappa shape index (κ3) is 2.00. The minimum Gasteiger partial charge on any atom is -0.398 e. The maximum absolute atomic E-state index is 6.08. The van der Waals surface area contributed by atoms with Crippen molar-refractivity contribution >= 4 is 11.4 Å². The largest absolute Gasteiger partial charge is 0.398 e. The Morgan fingerprint density at radius 2 is 2.24 bits per heavy atom. The molecule has 1 unspecified atom stereocenters. The monoisotopic (exact) mass is 232 g/mol. The molecule has 1 saturated heterocycles. The topological polar surface area (TPSA) is 38.5 Å². The molecule has 1 fully saturated rings. The van der Waals surface area contributed by atoms with Crippen LogP contribution in [-0.2, 0) is 11.2 Å². The molecule has 0 saturated carbocycles. The van der Waals surface area contributed by atoms with Gasteiger partial charge in [0.05, 0.1) is 12.6 Å². The Balaban J connectivity index is 1.90. The Bertz CT molecular complexity index is 399. The summed E-state index contributed by atoms with van der Waals surface area (Å²) in [7, 11) is 0. The predicted molar refractivity (Wildman–Crippen MR) is 70.4 cm³/mol. The fourth-order valence-corrected chi connectivity index (χ4v) is 3.03. The van der Waals surface area contributed by atoms with Crippen LogP contribution in [0.5, 0.6) is 0 Å². The third-order valence-corrected chi connectivity index (χ3v) is 3.90. The van der Waals surface area contributed by atoms with Crippen molar-refractivity contribution < 1.29 is 4.74 Å². The van der Waals surface area contributed by atoms with Crippen LogP contribution in [0.25, 0.3) is 0 Å². The van der Waals surface area contributed by atoms with Gasteiger partial charge in [-0.1, -0.05) is 6.07 Å². The summed E-state index contributed by atoms with van der Waals surface area (Å²) in [5.41, 5.74) is 9.70. The molecule has 3 nitrogen and oxygen atoms in total. The molecule has 1 atom stereocenters. The summed E-state index contributed by atoms with van der Waals surface area (Å²) < 4.78 is 5.61. The summed E-state index contributed by atoms with van der Waals surface area (Å²) in [6, 6.07) is 6.83. The third-order valence-electron chi connectivity index (χ3n) is 3.90. The molecular formula is C14H20N2O. The number of nitrogens with two attached hydrogens (primary N) is 1. The van der Waals surface area contributed by atoms with E-state index in [2.05, 4.69) is 17.0 Å². The first kappa shape index (κ1) is 10.9. The lowest BCUT2D eigenvalue weighted by molar-refractivity contribution is 0.0788. The molecule has 0 spiro atoms. The van der Waals surface area contributed by atoms with Gasteiger partial charge < -0.3 is 15.4 Å². The van der Waals surface area contributed by atoms with Crippen LogP contribution in [-0.4, -0.2) is 25.8 Å². The summed E-state index contributed by atoms with van der Waals surface area (Å²) >= 11 is 0. The van der Waals surface area contributed by atoms with Gasteiger partial charge in [-0.3, -0.25) is 0 Å². The number of ether oxygens (including phenoxy) is 1. The van der Waals surface area contributed by atoms with Crippen LogP contribution < -0.4 is 10.6 Å². The Morgan fingerprint density at radius 3 is 3.06 bits per heavy atom. The minimum absolute atomic E-state index is 0.546. The first-order valence-corrected chi connectivity index (χ1v) is 6.58. The SMILES string of the molecule is Nc1cccc2c1CCCN2C1CCCOC1. The Labute approximate surface area is 103 Å². The van der Waals surface area contributed by atoms with Gasteiger partial charge in [0.1, 0.15) is 0 Å². The average molecular weight is 232 g/mol. The van der Waals surface area contributed by atoms with E-state index in [-0.39, 0.29) is 0 Å². The van der Waals surface area contributed by atoms with Crippen LogP contribution in [0.4, 0.5) is 11.4 Å². The van der Waals surface area contributed by atoms with Gasteiger partial charge in [-0.25, -0.2) is 0 Å². The van der Waals surface area contributed by atoms with E-state index in [9.17, 15) is 0 Å². The van der Waals surface area contributed by atoms with Crippen LogP contribution >= 0.6 is 0 Å². The number of nitrogen functional groups attached to an aromatic ring is 1. The van der Waals surface area contributed by atoms with E-state index in [1.807, 2.05) is 6.07 Å². The van der Waals surface area contributed by atoms with Gasteiger partial charge in [0.15, 0.2) is 0 Å². The van der Waals surface area contributed by atoms with E-state index in [4.69, 9.17) is 10.5 Å². The Hall–Kier alpha value is -1.22. The zero-order valence-corrected chi connectivity index (χ0v) is 10.2. The van der Waals surface area contributed by atoms with Crippen LogP contribution in [0.1, 0.15) is 24.8 Å². The van der Waals surface area contributed by atoms with Crippen molar-refractivity contribution in [3.8, 4) is 0 Å². The molecule has 2 heterocycles. The number of hydrogen-bond acceptors (Lipinski definition) is 3. The van der Waals surface area contributed by atoms with Crippen molar-refractivity contribution in [2.75, 3.05) is 30.4 Å². The van der Waals surface area contributed by atoms with E-state index in [0.29, 0.717) is 6.04 Å². The zero-order chi connectivity index (χ0) is 11.7. The van der Waals surface area contributed by atoms with Crippen molar-refractivity contribution in [3.05, 3.63) is 23.8 Å². The quantitative estimate of drug-likeness (QED) is 0.754. The fraction of sp³-hybridized carbons (Fsp3) is 0.571. The van der Waals surface area contributed by atoms with E-state index >= 15 is 0 Å². The van der Waals surface area contributed by atoms with Crippen molar-refractivity contribution in [2.45, 2.75) is 31.7 Å². The van der Waals surface area contributed by atoms with Gasteiger partial charge in [-0.15, -0.1) is 0 Å². The van der Waals surface area contributed by atoms with Gasteiger partial charge in [0, 0.05) is 24.5 Å². The molecule has 3 heteroatoms. The molecule has 92 valence electrons. The van der Waals surface area contributed by atoms with Gasteiger partial charge >= 0.3 is 0 Å². The highest BCUT2D eigenvalue weighted by atomic mass is 16.5. The number of rotatable bonds is 1. The summed E-state index contributed by atoms with van der Waals surface area (Å²) in [5.74, 6) is 0.